The van der Waals surface area contributed by atoms with Gasteiger partial charge in [0, 0.05) is 49.0 Å². The van der Waals surface area contributed by atoms with Gasteiger partial charge in [0.25, 0.3) is 0 Å². The summed E-state index contributed by atoms with van der Waals surface area (Å²) in [6.07, 6.45) is 1.13. The van der Waals surface area contributed by atoms with Gasteiger partial charge in [-0.15, -0.1) is 11.3 Å². The van der Waals surface area contributed by atoms with E-state index in [1.165, 1.54) is 4.88 Å². The van der Waals surface area contributed by atoms with E-state index in [2.05, 4.69) is 39.7 Å². The minimum atomic E-state index is 0.0839. The van der Waals surface area contributed by atoms with E-state index in [-0.39, 0.29) is 11.9 Å². The standard InChI is InChI=1S/C20H26ClN3OS/c1-23-10-12-24(13-11-23)18(19-7-4-14-26-19)15-22-20(25)9-8-16-5-2-3-6-17(16)21/h2-7,14,18H,8-13,15H2,1H3,(H,22,25). The molecule has 140 valence electrons. The Morgan fingerprint density at radius 2 is 1.96 bits per heavy atom. The van der Waals surface area contributed by atoms with Gasteiger partial charge in [-0.2, -0.15) is 0 Å². The first kappa shape index (κ1) is 19.4. The van der Waals surface area contributed by atoms with Gasteiger partial charge in [0.2, 0.25) is 5.91 Å². The molecule has 3 rings (SSSR count). The number of halogens is 1. The molecule has 1 aliphatic heterocycles. The highest BCUT2D eigenvalue weighted by Crippen LogP contribution is 2.25. The van der Waals surface area contributed by atoms with Crippen LogP contribution in [-0.4, -0.2) is 55.5 Å². The van der Waals surface area contributed by atoms with E-state index in [4.69, 9.17) is 11.6 Å². The lowest BCUT2D eigenvalue weighted by Crippen LogP contribution is -2.48. The van der Waals surface area contributed by atoms with Gasteiger partial charge in [0.1, 0.15) is 0 Å². The molecule has 1 saturated heterocycles. The molecule has 6 heteroatoms. The number of nitrogens with one attached hydrogen (secondary N) is 1. The first-order chi connectivity index (χ1) is 12.6. The monoisotopic (exact) mass is 391 g/mol. The summed E-state index contributed by atoms with van der Waals surface area (Å²) in [6, 6.07) is 12.2. The predicted octanol–water partition coefficient (Wildman–Crippen LogP) is 3.44. The zero-order chi connectivity index (χ0) is 18.4. The first-order valence-electron chi connectivity index (χ1n) is 9.09. The summed E-state index contributed by atoms with van der Waals surface area (Å²) in [5.41, 5.74) is 1.03. The lowest BCUT2D eigenvalue weighted by molar-refractivity contribution is -0.121. The van der Waals surface area contributed by atoms with Crippen LogP contribution in [0.15, 0.2) is 41.8 Å². The second-order valence-corrected chi connectivity index (χ2v) is 8.15. The Bertz CT molecular complexity index is 699. The van der Waals surface area contributed by atoms with Crippen LogP contribution in [0.2, 0.25) is 5.02 Å². The van der Waals surface area contributed by atoms with Crippen molar-refractivity contribution in [1.82, 2.24) is 15.1 Å². The topological polar surface area (TPSA) is 35.6 Å². The third-order valence-corrected chi connectivity index (χ3v) is 6.26. The molecule has 4 nitrogen and oxygen atoms in total. The van der Waals surface area contributed by atoms with Crippen molar-refractivity contribution >= 4 is 28.8 Å². The van der Waals surface area contributed by atoms with Crippen LogP contribution in [0.5, 0.6) is 0 Å². The molecule has 2 aromatic rings. The molecule has 0 aliphatic carbocycles. The highest BCUT2D eigenvalue weighted by molar-refractivity contribution is 7.10. The number of benzene rings is 1. The summed E-state index contributed by atoms with van der Waals surface area (Å²) in [6.45, 7) is 4.87. The Morgan fingerprint density at radius 3 is 2.65 bits per heavy atom. The van der Waals surface area contributed by atoms with E-state index in [1.54, 1.807) is 11.3 Å². The molecule has 1 fully saturated rings. The quantitative estimate of drug-likeness (QED) is 0.785. The number of carbonyl (C=O) groups is 1. The Morgan fingerprint density at radius 1 is 1.19 bits per heavy atom. The zero-order valence-electron chi connectivity index (χ0n) is 15.2. The zero-order valence-corrected chi connectivity index (χ0v) is 16.7. The summed E-state index contributed by atoms with van der Waals surface area (Å²) in [5, 5.41) is 5.98. The fourth-order valence-corrected chi connectivity index (χ4v) is 4.36. The largest absolute Gasteiger partial charge is 0.354 e. The minimum Gasteiger partial charge on any atom is -0.354 e. The second-order valence-electron chi connectivity index (χ2n) is 6.77. The molecule has 1 aliphatic rings. The maximum absolute atomic E-state index is 12.4. The van der Waals surface area contributed by atoms with Gasteiger partial charge < -0.3 is 10.2 Å². The Labute approximate surface area is 164 Å². The molecule has 0 saturated carbocycles. The van der Waals surface area contributed by atoms with Crippen LogP contribution in [0.25, 0.3) is 0 Å². The lowest BCUT2D eigenvalue weighted by atomic mass is 10.1. The van der Waals surface area contributed by atoms with Crippen molar-refractivity contribution < 1.29 is 4.79 Å². The van der Waals surface area contributed by atoms with Gasteiger partial charge in [0.15, 0.2) is 0 Å². The van der Waals surface area contributed by atoms with Crippen molar-refractivity contribution in [3.8, 4) is 0 Å². The molecule has 1 N–H and O–H groups in total. The van der Waals surface area contributed by atoms with Crippen LogP contribution in [-0.2, 0) is 11.2 Å². The SMILES string of the molecule is CN1CCN(C(CNC(=O)CCc2ccccc2Cl)c2cccs2)CC1. The van der Waals surface area contributed by atoms with Gasteiger partial charge >= 0.3 is 0 Å². The van der Waals surface area contributed by atoms with Gasteiger partial charge in [-0.1, -0.05) is 35.9 Å². The molecule has 0 bridgehead atoms. The van der Waals surface area contributed by atoms with Crippen LogP contribution in [0.3, 0.4) is 0 Å². The predicted molar refractivity (Wildman–Crippen MR) is 109 cm³/mol. The van der Waals surface area contributed by atoms with Crippen LogP contribution in [0.1, 0.15) is 22.9 Å². The van der Waals surface area contributed by atoms with Crippen molar-refractivity contribution in [3.63, 3.8) is 0 Å². The second kappa shape index (κ2) is 9.51. The van der Waals surface area contributed by atoms with E-state index in [9.17, 15) is 4.79 Å². The van der Waals surface area contributed by atoms with Gasteiger partial charge in [-0.3, -0.25) is 9.69 Å². The molecule has 1 atom stereocenters. The van der Waals surface area contributed by atoms with Crippen molar-refractivity contribution in [1.29, 1.82) is 0 Å². The van der Waals surface area contributed by atoms with Gasteiger partial charge in [0.05, 0.1) is 6.04 Å². The van der Waals surface area contributed by atoms with E-state index in [0.717, 1.165) is 36.8 Å². The van der Waals surface area contributed by atoms with Crippen LogP contribution < -0.4 is 5.32 Å². The molecule has 0 radical (unpaired) electrons. The van der Waals surface area contributed by atoms with Crippen LogP contribution >= 0.6 is 22.9 Å². The number of nitrogens with zero attached hydrogens (tertiary/aromatic N) is 2. The number of aryl methyl sites for hydroxylation is 1. The molecule has 0 spiro atoms. The molecule has 2 heterocycles. The van der Waals surface area contributed by atoms with Gasteiger partial charge in [-0.25, -0.2) is 0 Å². The Kier molecular flexibility index (Phi) is 7.08. The van der Waals surface area contributed by atoms with Crippen LogP contribution in [0, 0.1) is 0 Å². The maximum atomic E-state index is 12.4. The van der Waals surface area contributed by atoms with Crippen molar-refractivity contribution in [2.45, 2.75) is 18.9 Å². The summed E-state index contributed by atoms with van der Waals surface area (Å²) in [4.78, 5) is 18.5. The molecule has 1 unspecified atom stereocenters. The highest BCUT2D eigenvalue weighted by Gasteiger charge is 2.25. The summed E-state index contributed by atoms with van der Waals surface area (Å²) in [7, 11) is 2.16. The number of thiophene rings is 1. The number of carbonyl (C=O) groups excluding carboxylic acids is 1. The van der Waals surface area contributed by atoms with E-state index in [0.29, 0.717) is 19.4 Å². The molecular weight excluding hydrogens is 366 g/mol. The first-order valence-corrected chi connectivity index (χ1v) is 10.4. The number of rotatable bonds is 7. The van der Waals surface area contributed by atoms with Gasteiger partial charge in [-0.05, 0) is 36.5 Å². The number of hydrogen-bond acceptors (Lipinski definition) is 4. The smallest absolute Gasteiger partial charge is 0.220 e. The summed E-state index contributed by atoms with van der Waals surface area (Å²) >= 11 is 7.94. The van der Waals surface area contributed by atoms with Crippen LogP contribution in [0.4, 0.5) is 0 Å². The Hall–Kier alpha value is -1.40. The van der Waals surface area contributed by atoms with Crippen molar-refractivity contribution in [2.75, 3.05) is 39.8 Å². The van der Waals surface area contributed by atoms with E-state index in [1.807, 2.05) is 24.3 Å². The third-order valence-electron chi connectivity index (χ3n) is 4.92. The number of piperazine rings is 1. The molecule has 1 aromatic carbocycles. The van der Waals surface area contributed by atoms with Crippen molar-refractivity contribution in [3.05, 3.63) is 57.2 Å². The fraction of sp³-hybridized carbons (Fsp3) is 0.450. The number of likely N-dealkylation sites (N-methyl/N-ethyl adjacent to an activating group) is 1. The third kappa shape index (κ3) is 5.30. The average Bonchev–Trinajstić information content (AvgIpc) is 3.17. The lowest BCUT2D eigenvalue weighted by Gasteiger charge is -2.37. The van der Waals surface area contributed by atoms with E-state index >= 15 is 0 Å². The minimum absolute atomic E-state index is 0.0839. The molecule has 1 amide bonds. The highest BCUT2D eigenvalue weighted by atomic mass is 35.5. The fourth-order valence-electron chi connectivity index (χ4n) is 3.27. The summed E-state index contributed by atoms with van der Waals surface area (Å²) < 4.78 is 0. The molecule has 1 aromatic heterocycles. The maximum Gasteiger partial charge on any atom is 0.220 e. The normalized spacial score (nSPS) is 17.2. The Balaban J connectivity index is 1.54. The molecular formula is C20H26ClN3OS. The van der Waals surface area contributed by atoms with E-state index < -0.39 is 0 Å². The number of amides is 1. The average molecular weight is 392 g/mol. The number of hydrogen-bond donors (Lipinski definition) is 1. The summed E-state index contributed by atoms with van der Waals surface area (Å²) in [5.74, 6) is 0.0839. The molecule has 26 heavy (non-hydrogen) atoms. The van der Waals surface area contributed by atoms with Crippen molar-refractivity contribution in [2.24, 2.45) is 0 Å².